The average molecular weight is 421 g/mol. The molecular formula is C18H24Cl2F2N4O. The van der Waals surface area contributed by atoms with Gasteiger partial charge in [-0.2, -0.15) is 8.78 Å². The second-order valence-corrected chi connectivity index (χ2v) is 7.79. The molecule has 1 heterocycles. The Balaban J connectivity index is 1.53. The van der Waals surface area contributed by atoms with Crippen molar-refractivity contribution in [2.45, 2.75) is 38.5 Å². The summed E-state index contributed by atoms with van der Waals surface area (Å²) in [7, 11) is 1.67. The minimum atomic E-state index is -2.96. The van der Waals surface area contributed by atoms with E-state index < -0.39 is 6.61 Å². The molecule has 1 aliphatic carbocycles. The lowest BCUT2D eigenvalue weighted by Crippen LogP contribution is -2.40. The summed E-state index contributed by atoms with van der Waals surface area (Å²) in [6.07, 6.45) is 3.83. The smallest absolute Gasteiger partial charge is 0.387 e. The molecule has 1 saturated carbocycles. The van der Waals surface area contributed by atoms with Crippen molar-refractivity contribution in [3.63, 3.8) is 0 Å². The number of hydrogen-bond donors (Lipinski definition) is 2. The Bertz CT molecular complexity index is 686. The zero-order valence-corrected chi connectivity index (χ0v) is 16.7. The van der Waals surface area contributed by atoms with Crippen LogP contribution in [0.15, 0.2) is 17.1 Å². The van der Waals surface area contributed by atoms with Crippen LogP contribution in [0.25, 0.3) is 0 Å². The number of nitrogens with one attached hydrogen (secondary N) is 2. The van der Waals surface area contributed by atoms with Crippen molar-refractivity contribution < 1.29 is 13.5 Å². The van der Waals surface area contributed by atoms with Gasteiger partial charge in [0.15, 0.2) is 5.96 Å². The molecule has 0 spiro atoms. The third-order valence-corrected chi connectivity index (χ3v) is 5.40. The van der Waals surface area contributed by atoms with Crippen LogP contribution in [0.3, 0.4) is 0 Å². The normalized spacial score (nSPS) is 21.0. The topological polar surface area (TPSA) is 48.9 Å². The van der Waals surface area contributed by atoms with Crippen molar-refractivity contribution in [2.24, 2.45) is 10.9 Å². The van der Waals surface area contributed by atoms with Gasteiger partial charge in [0.1, 0.15) is 5.75 Å². The van der Waals surface area contributed by atoms with Crippen LogP contribution in [-0.4, -0.2) is 50.2 Å². The summed E-state index contributed by atoms with van der Waals surface area (Å²) in [6.45, 7) is 0.348. The molecule has 3 rings (SSSR count). The molecule has 0 aromatic heterocycles. The number of guanidine groups is 1. The lowest BCUT2D eigenvalue weighted by atomic mass is 10.1. The van der Waals surface area contributed by atoms with E-state index in [9.17, 15) is 8.78 Å². The van der Waals surface area contributed by atoms with Crippen LogP contribution in [0.5, 0.6) is 5.75 Å². The van der Waals surface area contributed by atoms with Gasteiger partial charge in [-0.3, -0.25) is 4.99 Å². The monoisotopic (exact) mass is 420 g/mol. The van der Waals surface area contributed by atoms with E-state index in [4.69, 9.17) is 23.2 Å². The summed E-state index contributed by atoms with van der Waals surface area (Å²) in [5.41, 5.74) is 0.441. The fourth-order valence-electron chi connectivity index (χ4n) is 3.41. The number of aliphatic imine (C=N–C) groups is 1. The molecule has 1 aromatic carbocycles. The highest BCUT2D eigenvalue weighted by Gasteiger charge is 2.34. The maximum absolute atomic E-state index is 12.7. The van der Waals surface area contributed by atoms with E-state index in [1.807, 2.05) is 0 Å². The van der Waals surface area contributed by atoms with Crippen molar-refractivity contribution in [2.75, 3.05) is 26.7 Å². The maximum atomic E-state index is 12.7. The highest BCUT2D eigenvalue weighted by atomic mass is 35.5. The lowest BCUT2D eigenvalue weighted by molar-refractivity contribution is -0.0504. The first kappa shape index (κ1) is 20.4. The largest absolute Gasteiger partial charge is 0.433 e. The van der Waals surface area contributed by atoms with E-state index in [0.29, 0.717) is 22.5 Å². The average Bonchev–Trinajstić information content (AvgIpc) is 3.36. The molecule has 1 saturated heterocycles. The number of benzene rings is 1. The van der Waals surface area contributed by atoms with Gasteiger partial charge in [0.05, 0.1) is 5.02 Å². The molecule has 2 N–H and O–H groups in total. The highest BCUT2D eigenvalue weighted by molar-refractivity contribution is 6.35. The number of likely N-dealkylation sites (tertiary alicyclic amines) is 1. The van der Waals surface area contributed by atoms with Gasteiger partial charge >= 0.3 is 6.61 Å². The zero-order valence-electron chi connectivity index (χ0n) is 15.2. The van der Waals surface area contributed by atoms with Crippen LogP contribution in [0, 0.1) is 5.92 Å². The minimum Gasteiger partial charge on any atom is -0.433 e. The molecule has 2 aliphatic rings. The number of alkyl halides is 2. The molecule has 0 amide bonds. The van der Waals surface area contributed by atoms with Crippen molar-refractivity contribution in [3.8, 4) is 5.75 Å². The van der Waals surface area contributed by atoms with Gasteiger partial charge in [0.2, 0.25) is 0 Å². The van der Waals surface area contributed by atoms with Crippen LogP contribution >= 0.6 is 23.2 Å². The number of hydrogen-bond acceptors (Lipinski definition) is 3. The summed E-state index contributed by atoms with van der Waals surface area (Å²) in [5, 5.41) is 6.82. The van der Waals surface area contributed by atoms with E-state index in [1.54, 1.807) is 13.1 Å². The summed E-state index contributed by atoms with van der Waals surface area (Å²) in [4.78, 5) is 6.75. The molecule has 1 aliphatic heterocycles. The second-order valence-electron chi connectivity index (χ2n) is 6.94. The van der Waals surface area contributed by atoms with Crippen molar-refractivity contribution in [3.05, 3.63) is 27.7 Å². The van der Waals surface area contributed by atoms with Gasteiger partial charge in [-0.25, -0.2) is 0 Å². The predicted octanol–water partition coefficient (Wildman–Crippen LogP) is 3.74. The Morgan fingerprint density at radius 2 is 2.07 bits per heavy atom. The van der Waals surface area contributed by atoms with E-state index in [1.165, 1.54) is 31.9 Å². The highest BCUT2D eigenvalue weighted by Crippen LogP contribution is 2.34. The summed E-state index contributed by atoms with van der Waals surface area (Å²) >= 11 is 12.0. The van der Waals surface area contributed by atoms with Crippen LogP contribution in [0.1, 0.15) is 24.8 Å². The standard InChI is InChI=1S/C18H24Cl2F2N4O/c1-23-18(24-8-11-4-5-26(10-11)14-2-3-14)25-9-12-6-13(19)7-15(20)16(12)27-17(21)22/h6-7,11,14,17H,2-5,8-10H2,1H3,(H2,23,24,25). The first-order valence-electron chi connectivity index (χ1n) is 9.07. The molecule has 27 heavy (non-hydrogen) atoms. The first-order chi connectivity index (χ1) is 13.0. The molecule has 1 atom stereocenters. The SMILES string of the molecule is CN=C(NCc1cc(Cl)cc(Cl)c1OC(F)F)NCC1CCN(C2CC2)C1. The number of nitrogens with zero attached hydrogens (tertiary/aromatic N) is 2. The van der Waals surface area contributed by atoms with Crippen LogP contribution in [0.4, 0.5) is 8.78 Å². The van der Waals surface area contributed by atoms with E-state index in [2.05, 4.69) is 25.3 Å². The molecule has 1 unspecified atom stereocenters. The maximum Gasteiger partial charge on any atom is 0.387 e. The van der Waals surface area contributed by atoms with Crippen molar-refractivity contribution in [1.82, 2.24) is 15.5 Å². The van der Waals surface area contributed by atoms with Crippen molar-refractivity contribution in [1.29, 1.82) is 0 Å². The quantitative estimate of drug-likeness (QED) is 0.520. The van der Waals surface area contributed by atoms with Gasteiger partial charge in [-0.1, -0.05) is 23.2 Å². The Hall–Kier alpha value is -1.31. The summed E-state index contributed by atoms with van der Waals surface area (Å²) in [5.74, 6) is 1.11. The fraction of sp³-hybridized carbons (Fsp3) is 0.611. The molecular weight excluding hydrogens is 397 g/mol. The lowest BCUT2D eigenvalue weighted by Gasteiger charge is -2.18. The molecule has 2 fully saturated rings. The van der Waals surface area contributed by atoms with E-state index in [0.717, 1.165) is 19.1 Å². The van der Waals surface area contributed by atoms with Crippen LogP contribution in [0.2, 0.25) is 10.0 Å². The van der Waals surface area contributed by atoms with Gasteiger partial charge in [-0.05, 0) is 43.9 Å². The van der Waals surface area contributed by atoms with E-state index in [-0.39, 0.29) is 17.3 Å². The number of halogens is 4. The zero-order chi connectivity index (χ0) is 19.4. The molecule has 150 valence electrons. The Morgan fingerprint density at radius 1 is 1.30 bits per heavy atom. The molecule has 0 radical (unpaired) electrons. The van der Waals surface area contributed by atoms with Crippen LogP contribution < -0.4 is 15.4 Å². The second kappa shape index (κ2) is 9.26. The third-order valence-electron chi connectivity index (χ3n) is 4.90. The summed E-state index contributed by atoms with van der Waals surface area (Å²) < 4.78 is 29.9. The Labute approximate surface area is 168 Å². The minimum absolute atomic E-state index is 0.0497. The van der Waals surface area contributed by atoms with Crippen LogP contribution in [-0.2, 0) is 6.54 Å². The molecule has 9 heteroatoms. The Kier molecular flexibility index (Phi) is 7.00. The van der Waals surface area contributed by atoms with Gasteiger partial charge in [0.25, 0.3) is 0 Å². The predicted molar refractivity (Wildman–Crippen MR) is 104 cm³/mol. The van der Waals surface area contributed by atoms with Crippen molar-refractivity contribution >= 4 is 29.2 Å². The molecule has 1 aromatic rings. The fourth-order valence-corrected chi connectivity index (χ4v) is 3.99. The van der Waals surface area contributed by atoms with Gasteiger partial charge in [-0.15, -0.1) is 0 Å². The molecule has 0 bridgehead atoms. The molecule has 5 nitrogen and oxygen atoms in total. The Morgan fingerprint density at radius 3 is 2.74 bits per heavy atom. The number of rotatable bonds is 7. The third kappa shape index (κ3) is 5.83. The van der Waals surface area contributed by atoms with Gasteiger partial charge < -0.3 is 20.3 Å². The first-order valence-corrected chi connectivity index (χ1v) is 9.83. The summed E-state index contributed by atoms with van der Waals surface area (Å²) in [6, 6.07) is 3.73. The number of ether oxygens (including phenoxy) is 1. The van der Waals surface area contributed by atoms with E-state index >= 15 is 0 Å². The van der Waals surface area contributed by atoms with Gasteiger partial charge in [0, 0.05) is 43.3 Å².